The Kier molecular flexibility index (Phi) is 3.80. The van der Waals surface area contributed by atoms with E-state index in [-0.39, 0.29) is 0 Å². The van der Waals surface area contributed by atoms with Gasteiger partial charge in [0.15, 0.2) is 5.82 Å². The van der Waals surface area contributed by atoms with Crippen LogP contribution in [0.25, 0.3) is 0 Å². The molecule has 0 saturated carbocycles. The van der Waals surface area contributed by atoms with Crippen molar-refractivity contribution in [3.05, 3.63) is 30.4 Å². The van der Waals surface area contributed by atoms with Crippen LogP contribution < -0.4 is 10.2 Å². The molecule has 2 aromatic heterocycles. The quantitative estimate of drug-likeness (QED) is 0.922. The molecular weight excluding hydrogens is 254 g/mol. The molecule has 6 nitrogen and oxygen atoms in total. The predicted octanol–water partition coefficient (Wildman–Crippen LogP) is 2.31. The molecule has 0 unspecified atom stereocenters. The molecule has 0 aliphatic carbocycles. The zero-order valence-corrected chi connectivity index (χ0v) is 11.6. The molecule has 6 heteroatoms. The molecule has 2 aromatic rings. The van der Waals surface area contributed by atoms with E-state index in [1.807, 2.05) is 12.1 Å². The topological polar surface area (TPSA) is 67.1 Å². The van der Waals surface area contributed by atoms with E-state index in [0.29, 0.717) is 12.5 Å². The van der Waals surface area contributed by atoms with Gasteiger partial charge in [-0.3, -0.25) is 0 Å². The summed E-state index contributed by atoms with van der Waals surface area (Å²) in [7, 11) is 0. The van der Waals surface area contributed by atoms with Crippen LogP contribution in [-0.4, -0.2) is 28.3 Å². The Bertz CT molecular complexity index is 534. The van der Waals surface area contributed by atoms with E-state index in [0.717, 1.165) is 30.6 Å². The van der Waals surface area contributed by atoms with Crippen LogP contribution in [0.5, 0.6) is 0 Å². The van der Waals surface area contributed by atoms with Crippen molar-refractivity contribution in [3.8, 4) is 0 Å². The highest BCUT2D eigenvalue weighted by atomic mass is 16.3. The molecule has 20 heavy (non-hydrogen) atoms. The molecule has 1 aliphatic rings. The summed E-state index contributed by atoms with van der Waals surface area (Å²) in [6.07, 6.45) is 5.80. The molecule has 0 spiro atoms. The van der Waals surface area contributed by atoms with Crippen molar-refractivity contribution in [2.75, 3.05) is 23.3 Å². The number of furan rings is 1. The Labute approximate surface area is 118 Å². The number of rotatable bonds is 4. The third-order valence-corrected chi connectivity index (χ3v) is 3.65. The summed E-state index contributed by atoms with van der Waals surface area (Å²) in [6.45, 7) is 4.94. The zero-order valence-electron chi connectivity index (χ0n) is 11.6. The van der Waals surface area contributed by atoms with Crippen LogP contribution >= 0.6 is 0 Å². The van der Waals surface area contributed by atoms with Crippen molar-refractivity contribution in [3.63, 3.8) is 0 Å². The van der Waals surface area contributed by atoms with Gasteiger partial charge >= 0.3 is 0 Å². The Hall–Kier alpha value is -2.11. The third kappa shape index (κ3) is 3.07. The molecule has 3 rings (SSSR count). The van der Waals surface area contributed by atoms with Crippen molar-refractivity contribution >= 4 is 11.8 Å². The third-order valence-electron chi connectivity index (χ3n) is 3.65. The molecule has 1 saturated heterocycles. The smallest absolute Gasteiger partial charge is 0.245 e. The Balaban J connectivity index is 1.63. The Morgan fingerprint density at radius 2 is 2.25 bits per heavy atom. The minimum atomic E-state index is 0.539. The number of nitrogens with one attached hydrogen (secondary N) is 1. The van der Waals surface area contributed by atoms with Crippen molar-refractivity contribution in [1.29, 1.82) is 0 Å². The van der Waals surface area contributed by atoms with Crippen LogP contribution in [0, 0.1) is 5.92 Å². The second-order valence-corrected chi connectivity index (χ2v) is 5.24. The van der Waals surface area contributed by atoms with E-state index in [4.69, 9.17) is 4.42 Å². The van der Waals surface area contributed by atoms with Crippen LogP contribution in [0.2, 0.25) is 0 Å². The minimum absolute atomic E-state index is 0.539. The zero-order chi connectivity index (χ0) is 13.8. The van der Waals surface area contributed by atoms with E-state index in [1.165, 1.54) is 12.8 Å². The number of hydrogen-bond donors (Lipinski definition) is 1. The van der Waals surface area contributed by atoms with Crippen LogP contribution in [0.4, 0.5) is 11.8 Å². The van der Waals surface area contributed by atoms with E-state index in [9.17, 15) is 0 Å². The standard InChI is InChI=1S/C14H19N5O/c1-11-4-6-19(7-5-11)13-10-16-18-14(17-13)15-9-12-3-2-8-20-12/h2-3,8,10-11H,4-7,9H2,1H3,(H,15,17,18). The normalized spacial score (nSPS) is 16.4. The highest BCUT2D eigenvalue weighted by Gasteiger charge is 2.17. The fourth-order valence-electron chi connectivity index (χ4n) is 2.34. The van der Waals surface area contributed by atoms with E-state index < -0.39 is 0 Å². The van der Waals surface area contributed by atoms with Gasteiger partial charge in [0.2, 0.25) is 5.95 Å². The summed E-state index contributed by atoms with van der Waals surface area (Å²) in [6, 6.07) is 3.78. The minimum Gasteiger partial charge on any atom is -0.467 e. The fourth-order valence-corrected chi connectivity index (χ4v) is 2.34. The lowest BCUT2D eigenvalue weighted by Gasteiger charge is -2.30. The molecule has 0 atom stereocenters. The molecule has 3 heterocycles. The fraction of sp³-hybridized carbons (Fsp3) is 0.500. The molecule has 1 aliphatic heterocycles. The molecule has 1 fully saturated rings. The maximum absolute atomic E-state index is 5.26. The molecule has 0 aromatic carbocycles. The highest BCUT2D eigenvalue weighted by molar-refractivity contribution is 5.40. The summed E-state index contributed by atoms with van der Waals surface area (Å²) >= 11 is 0. The first kappa shape index (κ1) is 12.9. The number of piperidine rings is 1. The first-order valence-electron chi connectivity index (χ1n) is 7.02. The van der Waals surface area contributed by atoms with Gasteiger partial charge in [0, 0.05) is 13.1 Å². The average Bonchev–Trinajstić information content (AvgIpc) is 3.00. The molecular formula is C14H19N5O. The van der Waals surface area contributed by atoms with Crippen LogP contribution in [0.3, 0.4) is 0 Å². The number of nitrogens with zero attached hydrogens (tertiary/aromatic N) is 4. The summed E-state index contributed by atoms with van der Waals surface area (Å²) in [5.74, 6) is 3.09. The lowest BCUT2D eigenvalue weighted by Crippen LogP contribution is -2.33. The lowest BCUT2D eigenvalue weighted by molar-refractivity contribution is 0.436. The second kappa shape index (κ2) is 5.90. The molecule has 0 radical (unpaired) electrons. The molecule has 0 amide bonds. The predicted molar refractivity (Wildman–Crippen MR) is 76.5 cm³/mol. The van der Waals surface area contributed by atoms with Crippen LogP contribution in [0.15, 0.2) is 29.0 Å². The van der Waals surface area contributed by atoms with Gasteiger partial charge in [-0.1, -0.05) is 6.92 Å². The first-order valence-corrected chi connectivity index (χ1v) is 7.02. The summed E-state index contributed by atoms with van der Waals surface area (Å²) in [5.41, 5.74) is 0. The van der Waals surface area contributed by atoms with Crippen molar-refractivity contribution in [2.24, 2.45) is 5.92 Å². The molecule has 0 bridgehead atoms. The monoisotopic (exact) mass is 273 g/mol. The van der Waals surface area contributed by atoms with Gasteiger partial charge in [-0.25, -0.2) is 0 Å². The Morgan fingerprint density at radius 1 is 1.40 bits per heavy atom. The van der Waals surface area contributed by atoms with Crippen LogP contribution in [0.1, 0.15) is 25.5 Å². The van der Waals surface area contributed by atoms with Gasteiger partial charge in [-0.05, 0) is 30.9 Å². The maximum atomic E-state index is 5.26. The second-order valence-electron chi connectivity index (χ2n) is 5.24. The maximum Gasteiger partial charge on any atom is 0.245 e. The first-order chi connectivity index (χ1) is 9.81. The summed E-state index contributed by atoms with van der Waals surface area (Å²) < 4.78 is 5.26. The largest absolute Gasteiger partial charge is 0.467 e. The number of aromatic nitrogens is 3. The molecule has 106 valence electrons. The Morgan fingerprint density at radius 3 is 3.00 bits per heavy atom. The summed E-state index contributed by atoms with van der Waals surface area (Å²) in [5, 5.41) is 11.2. The van der Waals surface area contributed by atoms with Gasteiger partial charge in [0.05, 0.1) is 19.0 Å². The van der Waals surface area contributed by atoms with Gasteiger partial charge in [0.25, 0.3) is 0 Å². The van der Waals surface area contributed by atoms with Crippen molar-refractivity contribution < 1.29 is 4.42 Å². The van der Waals surface area contributed by atoms with E-state index >= 15 is 0 Å². The average molecular weight is 273 g/mol. The number of hydrogen-bond acceptors (Lipinski definition) is 6. The SMILES string of the molecule is CC1CCN(c2cnnc(NCc3ccco3)n2)CC1. The van der Waals surface area contributed by atoms with Crippen LogP contribution in [-0.2, 0) is 6.54 Å². The highest BCUT2D eigenvalue weighted by Crippen LogP contribution is 2.21. The van der Waals surface area contributed by atoms with E-state index in [1.54, 1.807) is 12.5 Å². The molecule has 1 N–H and O–H groups in total. The van der Waals surface area contributed by atoms with E-state index in [2.05, 4.69) is 32.3 Å². The number of anilines is 2. The van der Waals surface area contributed by atoms with Crippen molar-refractivity contribution in [1.82, 2.24) is 15.2 Å². The van der Waals surface area contributed by atoms with Gasteiger partial charge in [-0.2, -0.15) is 10.1 Å². The van der Waals surface area contributed by atoms with Crippen molar-refractivity contribution in [2.45, 2.75) is 26.3 Å². The summed E-state index contributed by atoms with van der Waals surface area (Å²) in [4.78, 5) is 6.79. The van der Waals surface area contributed by atoms with Gasteiger partial charge in [0.1, 0.15) is 5.76 Å². The van der Waals surface area contributed by atoms with Gasteiger partial charge in [-0.15, -0.1) is 5.10 Å². The lowest BCUT2D eigenvalue weighted by atomic mass is 9.99. The van der Waals surface area contributed by atoms with Gasteiger partial charge < -0.3 is 14.6 Å².